The van der Waals surface area contributed by atoms with Gasteiger partial charge in [-0.25, -0.2) is 17.7 Å². The van der Waals surface area contributed by atoms with Gasteiger partial charge in [-0.15, -0.1) is 0 Å². The third-order valence-corrected chi connectivity index (χ3v) is 4.66. The molecule has 8 nitrogen and oxygen atoms in total. The van der Waals surface area contributed by atoms with Crippen molar-refractivity contribution in [2.45, 2.75) is 11.4 Å². The van der Waals surface area contributed by atoms with Gasteiger partial charge in [-0.3, -0.25) is 10.1 Å². The number of rotatable bonds is 5. The fourth-order valence-electron chi connectivity index (χ4n) is 2.16. The van der Waals surface area contributed by atoms with E-state index in [4.69, 9.17) is 0 Å². The lowest BCUT2D eigenvalue weighted by Crippen LogP contribution is -2.24. The molecule has 3 rings (SSSR count). The van der Waals surface area contributed by atoms with Gasteiger partial charge >= 0.3 is 0 Å². The van der Waals surface area contributed by atoms with Crippen LogP contribution in [0.15, 0.2) is 59.6 Å². The van der Waals surface area contributed by atoms with Crippen molar-refractivity contribution in [3.8, 4) is 0 Å². The summed E-state index contributed by atoms with van der Waals surface area (Å²) < 4.78 is 28.6. The Hall–Kier alpha value is -2.78. The molecule has 3 aromatic rings. The zero-order valence-corrected chi connectivity index (χ0v) is 12.6. The summed E-state index contributed by atoms with van der Waals surface area (Å²) in [5, 5.41) is 15.2. The molecule has 0 saturated heterocycles. The van der Waals surface area contributed by atoms with Gasteiger partial charge < -0.3 is 0 Å². The van der Waals surface area contributed by atoms with Gasteiger partial charge in [-0.2, -0.15) is 5.10 Å². The summed E-state index contributed by atoms with van der Waals surface area (Å²) in [7, 11) is -4.01. The van der Waals surface area contributed by atoms with Gasteiger partial charge in [0.25, 0.3) is 5.69 Å². The lowest BCUT2D eigenvalue weighted by Gasteiger charge is -2.05. The number of pyridine rings is 1. The van der Waals surface area contributed by atoms with E-state index in [-0.39, 0.29) is 11.4 Å². The topological polar surface area (TPSA) is 107 Å². The van der Waals surface area contributed by atoms with E-state index < -0.39 is 20.6 Å². The molecular weight excluding hydrogens is 320 g/mol. The van der Waals surface area contributed by atoms with Crippen LogP contribution in [0.1, 0.15) is 5.69 Å². The van der Waals surface area contributed by atoms with Crippen LogP contribution >= 0.6 is 0 Å². The fourth-order valence-corrected chi connectivity index (χ4v) is 3.33. The highest BCUT2D eigenvalue weighted by atomic mass is 32.2. The molecule has 0 unspecified atom stereocenters. The van der Waals surface area contributed by atoms with E-state index in [1.54, 1.807) is 22.8 Å². The number of nitrogens with one attached hydrogen (secondary N) is 1. The van der Waals surface area contributed by atoms with Crippen molar-refractivity contribution in [3.05, 3.63) is 70.5 Å². The standard InChI is InChI=1S/C14H12N4O4S/c19-18(20)13-6-1-2-7-14(13)23(21,22)15-10-11-9-12-5-3-4-8-17(12)16-11/h1-9,15H,10H2. The first-order valence-corrected chi connectivity index (χ1v) is 8.12. The van der Waals surface area contributed by atoms with Gasteiger partial charge in [0.05, 0.1) is 22.7 Å². The smallest absolute Gasteiger partial charge is 0.258 e. The van der Waals surface area contributed by atoms with Crippen LogP contribution in [0.25, 0.3) is 5.52 Å². The van der Waals surface area contributed by atoms with E-state index in [2.05, 4.69) is 9.82 Å². The molecule has 0 aliphatic rings. The number of nitro groups is 1. The molecule has 2 heterocycles. The number of hydrogen-bond acceptors (Lipinski definition) is 5. The van der Waals surface area contributed by atoms with Crippen LogP contribution in [0.4, 0.5) is 5.69 Å². The number of benzene rings is 1. The lowest BCUT2D eigenvalue weighted by atomic mass is 10.3. The van der Waals surface area contributed by atoms with Crippen molar-refractivity contribution < 1.29 is 13.3 Å². The molecule has 0 fully saturated rings. The maximum absolute atomic E-state index is 12.3. The third kappa shape index (κ3) is 3.05. The Labute approximate surface area is 131 Å². The molecule has 118 valence electrons. The van der Waals surface area contributed by atoms with Crippen LogP contribution in [0, 0.1) is 10.1 Å². The first-order valence-electron chi connectivity index (χ1n) is 6.64. The minimum atomic E-state index is -4.01. The van der Waals surface area contributed by atoms with Crippen LogP contribution in [0.3, 0.4) is 0 Å². The second-order valence-corrected chi connectivity index (χ2v) is 6.49. The van der Waals surface area contributed by atoms with Crippen LogP contribution in [-0.4, -0.2) is 23.0 Å². The second kappa shape index (κ2) is 5.78. The molecule has 0 radical (unpaired) electrons. The van der Waals surface area contributed by atoms with Crippen molar-refractivity contribution in [2.24, 2.45) is 0 Å². The minimum Gasteiger partial charge on any atom is -0.258 e. The number of aromatic nitrogens is 2. The van der Waals surface area contributed by atoms with E-state index in [0.29, 0.717) is 5.69 Å². The average molecular weight is 332 g/mol. The number of para-hydroxylation sites is 1. The monoisotopic (exact) mass is 332 g/mol. The molecule has 0 aliphatic heterocycles. The summed E-state index contributed by atoms with van der Waals surface area (Å²) >= 11 is 0. The van der Waals surface area contributed by atoms with Crippen molar-refractivity contribution in [2.75, 3.05) is 0 Å². The van der Waals surface area contributed by atoms with E-state index in [9.17, 15) is 18.5 Å². The molecule has 9 heteroatoms. The molecule has 1 N–H and O–H groups in total. The van der Waals surface area contributed by atoms with E-state index in [1.807, 2.05) is 12.1 Å². The van der Waals surface area contributed by atoms with Crippen LogP contribution in [0.5, 0.6) is 0 Å². The van der Waals surface area contributed by atoms with E-state index in [1.165, 1.54) is 18.2 Å². The Bertz CT molecular complexity index is 948. The summed E-state index contributed by atoms with van der Waals surface area (Å²) in [4.78, 5) is 9.87. The minimum absolute atomic E-state index is 0.0595. The number of hydrogen-bond donors (Lipinski definition) is 1. The fraction of sp³-hybridized carbons (Fsp3) is 0.0714. The zero-order valence-electron chi connectivity index (χ0n) is 11.8. The van der Waals surface area contributed by atoms with Crippen LogP contribution in [0.2, 0.25) is 0 Å². The first kappa shape index (κ1) is 15.1. The predicted molar refractivity (Wildman–Crippen MR) is 82.3 cm³/mol. The Morgan fingerprint density at radius 1 is 1.17 bits per heavy atom. The zero-order chi connectivity index (χ0) is 16.4. The Morgan fingerprint density at radius 2 is 1.91 bits per heavy atom. The lowest BCUT2D eigenvalue weighted by molar-refractivity contribution is -0.387. The number of sulfonamides is 1. The van der Waals surface area contributed by atoms with Crippen molar-refractivity contribution in [1.29, 1.82) is 0 Å². The van der Waals surface area contributed by atoms with E-state index >= 15 is 0 Å². The van der Waals surface area contributed by atoms with Crippen molar-refractivity contribution >= 4 is 21.2 Å². The molecule has 1 aromatic carbocycles. The molecule has 0 saturated carbocycles. The Balaban J connectivity index is 1.85. The SMILES string of the molecule is O=[N+]([O-])c1ccccc1S(=O)(=O)NCc1cc2ccccn2n1. The average Bonchev–Trinajstić information content (AvgIpc) is 2.96. The van der Waals surface area contributed by atoms with Gasteiger partial charge in [0.1, 0.15) is 0 Å². The molecule has 0 spiro atoms. The van der Waals surface area contributed by atoms with Gasteiger partial charge in [0.2, 0.25) is 10.0 Å². The number of fused-ring (bicyclic) bond motifs is 1. The molecular formula is C14H12N4O4S. The highest BCUT2D eigenvalue weighted by Crippen LogP contribution is 2.22. The molecule has 0 bridgehead atoms. The second-order valence-electron chi connectivity index (χ2n) is 4.76. The highest BCUT2D eigenvalue weighted by molar-refractivity contribution is 7.89. The van der Waals surface area contributed by atoms with E-state index in [0.717, 1.165) is 11.6 Å². The van der Waals surface area contributed by atoms with Gasteiger partial charge in [-0.05, 0) is 24.3 Å². The predicted octanol–water partition coefficient (Wildman–Crippen LogP) is 1.72. The molecule has 0 amide bonds. The Kier molecular flexibility index (Phi) is 3.80. The maximum Gasteiger partial charge on any atom is 0.289 e. The van der Waals surface area contributed by atoms with Crippen molar-refractivity contribution in [3.63, 3.8) is 0 Å². The normalized spacial score (nSPS) is 11.7. The summed E-state index contributed by atoms with van der Waals surface area (Å²) in [6, 6.07) is 12.4. The van der Waals surface area contributed by atoms with Gasteiger partial charge in [0.15, 0.2) is 4.90 Å². The molecule has 0 aliphatic carbocycles. The van der Waals surface area contributed by atoms with Gasteiger partial charge in [-0.1, -0.05) is 18.2 Å². The van der Waals surface area contributed by atoms with Crippen LogP contribution < -0.4 is 4.72 Å². The van der Waals surface area contributed by atoms with Gasteiger partial charge in [0, 0.05) is 12.3 Å². The maximum atomic E-state index is 12.3. The summed E-state index contributed by atoms with van der Waals surface area (Å²) in [5.41, 5.74) is 0.876. The molecule has 0 atom stereocenters. The number of nitro benzene ring substituents is 1. The quantitative estimate of drug-likeness (QED) is 0.565. The molecule has 2 aromatic heterocycles. The molecule has 23 heavy (non-hydrogen) atoms. The summed E-state index contributed by atoms with van der Waals surface area (Å²) in [6.07, 6.45) is 1.75. The van der Waals surface area contributed by atoms with Crippen molar-refractivity contribution in [1.82, 2.24) is 14.3 Å². The highest BCUT2D eigenvalue weighted by Gasteiger charge is 2.24. The summed E-state index contributed by atoms with van der Waals surface area (Å²) in [6.45, 7) is -0.0595. The Morgan fingerprint density at radius 3 is 2.65 bits per heavy atom. The largest absolute Gasteiger partial charge is 0.289 e. The first-order chi connectivity index (χ1) is 11.0. The number of nitrogens with zero attached hydrogens (tertiary/aromatic N) is 3. The van der Waals surface area contributed by atoms with Crippen LogP contribution in [-0.2, 0) is 16.6 Å². The summed E-state index contributed by atoms with van der Waals surface area (Å²) in [5.74, 6) is 0. The third-order valence-electron chi connectivity index (χ3n) is 3.22.